The molecule has 0 bridgehead atoms. The fraction of sp³-hybridized carbons (Fsp3) is 0.455. The van der Waals surface area contributed by atoms with E-state index in [2.05, 4.69) is 68.4 Å². The molecule has 1 N–H and O–H groups in total. The van der Waals surface area contributed by atoms with Crippen molar-refractivity contribution >= 4 is 31.1 Å². The van der Waals surface area contributed by atoms with Gasteiger partial charge in [-0.3, -0.25) is 9.59 Å². The highest BCUT2D eigenvalue weighted by Crippen LogP contribution is 2.45. The molecule has 0 radical (unpaired) electrons. The minimum Gasteiger partial charge on any atom is -0.481 e. The summed E-state index contributed by atoms with van der Waals surface area (Å²) in [5.74, 6) is -3.21. The molecule has 0 fully saturated rings. The van der Waals surface area contributed by atoms with Gasteiger partial charge in [0.2, 0.25) is 0 Å². The van der Waals surface area contributed by atoms with E-state index in [4.69, 9.17) is 4.74 Å². The summed E-state index contributed by atoms with van der Waals surface area (Å²) >= 11 is 0. The molecule has 0 saturated heterocycles. The SMILES string of the molecule is CC(C)[Si](C(C)C)(C(C)C)n1cc(C[C@H](C(=O)O)C(=O)OC(C)(C)C)c2ccc(-n3cc(-c4ccccc4)nn3)cc21. The molecular formula is C33H44N4O4Si. The molecule has 4 aromatic rings. The molecule has 2 aromatic heterocycles. The van der Waals surface area contributed by atoms with Crippen molar-refractivity contribution in [2.45, 2.75) is 91.0 Å². The summed E-state index contributed by atoms with van der Waals surface area (Å²) in [7, 11) is -2.25. The zero-order chi connectivity index (χ0) is 31.0. The van der Waals surface area contributed by atoms with Crippen molar-refractivity contribution in [1.82, 2.24) is 19.2 Å². The number of aromatic nitrogens is 4. The molecule has 0 amide bonds. The summed E-state index contributed by atoms with van der Waals surface area (Å²) in [4.78, 5) is 25.3. The van der Waals surface area contributed by atoms with Gasteiger partial charge in [-0.2, -0.15) is 0 Å². The Kier molecular flexibility index (Phi) is 8.83. The first-order valence-corrected chi connectivity index (χ1v) is 16.9. The lowest BCUT2D eigenvalue weighted by Crippen LogP contribution is -2.51. The van der Waals surface area contributed by atoms with Crippen LogP contribution >= 0.6 is 0 Å². The quantitative estimate of drug-likeness (QED) is 0.117. The van der Waals surface area contributed by atoms with Crippen LogP contribution in [0.25, 0.3) is 27.8 Å². The second-order valence-electron chi connectivity index (χ2n) is 13.1. The highest BCUT2D eigenvalue weighted by Gasteiger charge is 2.46. The molecule has 8 nitrogen and oxygen atoms in total. The molecule has 4 rings (SSSR count). The number of aliphatic carboxylic acids is 1. The van der Waals surface area contributed by atoms with Gasteiger partial charge in [-0.05, 0) is 67.7 Å². The summed E-state index contributed by atoms with van der Waals surface area (Å²) in [6.07, 6.45) is 4.09. The van der Waals surface area contributed by atoms with Crippen LogP contribution in [0, 0.1) is 5.92 Å². The van der Waals surface area contributed by atoms with Gasteiger partial charge in [-0.15, -0.1) is 5.10 Å². The molecule has 2 heterocycles. The number of carbonyl (C=O) groups is 2. The molecule has 0 aliphatic heterocycles. The molecule has 0 saturated carbocycles. The monoisotopic (exact) mass is 588 g/mol. The fourth-order valence-corrected chi connectivity index (χ4v) is 13.4. The lowest BCUT2D eigenvalue weighted by atomic mass is 9.98. The first kappa shape index (κ1) is 31.2. The lowest BCUT2D eigenvalue weighted by molar-refractivity contribution is -0.166. The van der Waals surface area contributed by atoms with Crippen LogP contribution in [0.3, 0.4) is 0 Å². The average molecular weight is 589 g/mol. The second-order valence-corrected chi connectivity index (χ2v) is 18.8. The number of carboxylic acid groups (broad SMARTS) is 1. The number of ether oxygens (including phenoxy) is 1. The normalized spacial score (nSPS) is 13.3. The van der Waals surface area contributed by atoms with Crippen LogP contribution in [0.5, 0.6) is 0 Å². The van der Waals surface area contributed by atoms with E-state index < -0.39 is 31.7 Å². The van der Waals surface area contributed by atoms with Gasteiger partial charge in [0, 0.05) is 16.5 Å². The Labute approximate surface area is 249 Å². The van der Waals surface area contributed by atoms with Crippen molar-refractivity contribution in [3.8, 4) is 16.9 Å². The summed E-state index contributed by atoms with van der Waals surface area (Å²) in [5.41, 5.74) is 4.92. The fourth-order valence-electron chi connectivity index (χ4n) is 6.74. The minimum absolute atomic E-state index is 0.0489. The van der Waals surface area contributed by atoms with Gasteiger partial charge >= 0.3 is 11.9 Å². The number of nitrogens with zero attached hydrogens (tertiary/aromatic N) is 4. The van der Waals surface area contributed by atoms with E-state index in [1.807, 2.05) is 48.7 Å². The number of rotatable bonds is 10. The first-order chi connectivity index (χ1) is 19.7. The van der Waals surface area contributed by atoms with E-state index in [1.54, 1.807) is 25.5 Å². The third-order valence-electron chi connectivity index (χ3n) is 8.30. The van der Waals surface area contributed by atoms with Crippen molar-refractivity contribution in [1.29, 1.82) is 0 Å². The maximum atomic E-state index is 13.0. The van der Waals surface area contributed by atoms with E-state index in [0.717, 1.165) is 33.4 Å². The highest BCUT2D eigenvalue weighted by molar-refractivity contribution is 6.82. The van der Waals surface area contributed by atoms with Gasteiger partial charge in [0.15, 0.2) is 14.2 Å². The number of hydrogen-bond donors (Lipinski definition) is 1. The van der Waals surface area contributed by atoms with Crippen LogP contribution in [0.2, 0.25) is 16.6 Å². The maximum absolute atomic E-state index is 13.0. The van der Waals surface area contributed by atoms with Gasteiger partial charge in [-0.25, -0.2) is 4.68 Å². The summed E-state index contributed by atoms with van der Waals surface area (Å²) < 4.78 is 9.76. The topological polar surface area (TPSA) is 99.2 Å². The van der Waals surface area contributed by atoms with Crippen LogP contribution in [-0.2, 0) is 20.7 Å². The number of benzene rings is 2. The van der Waals surface area contributed by atoms with Crippen molar-refractivity contribution in [3.05, 3.63) is 66.5 Å². The van der Waals surface area contributed by atoms with Crippen LogP contribution in [-0.4, -0.2) is 50.1 Å². The Morgan fingerprint density at radius 1 is 0.929 bits per heavy atom. The number of carboxylic acids is 1. The smallest absolute Gasteiger partial charge is 0.321 e. The van der Waals surface area contributed by atoms with Crippen molar-refractivity contribution < 1.29 is 19.4 Å². The first-order valence-electron chi connectivity index (χ1n) is 14.7. The largest absolute Gasteiger partial charge is 0.481 e. The highest BCUT2D eigenvalue weighted by atomic mass is 28.3. The molecule has 0 aliphatic carbocycles. The van der Waals surface area contributed by atoms with Crippen molar-refractivity contribution in [2.24, 2.45) is 5.92 Å². The lowest BCUT2D eigenvalue weighted by Gasteiger charge is -2.44. The van der Waals surface area contributed by atoms with E-state index in [0.29, 0.717) is 16.6 Å². The zero-order valence-electron chi connectivity index (χ0n) is 26.3. The Morgan fingerprint density at radius 2 is 1.55 bits per heavy atom. The summed E-state index contributed by atoms with van der Waals surface area (Å²) in [5, 5.41) is 19.9. The van der Waals surface area contributed by atoms with E-state index in [1.165, 1.54) is 0 Å². The van der Waals surface area contributed by atoms with E-state index in [9.17, 15) is 14.7 Å². The minimum atomic E-state index is -2.25. The van der Waals surface area contributed by atoms with Gasteiger partial charge in [-0.1, -0.05) is 83.2 Å². The van der Waals surface area contributed by atoms with Gasteiger partial charge in [0.05, 0.1) is 11.9 Å². The molecule has 0 spiro atoms. The third-order valence-corrected chi connectivity index (χ3v) is 15.1. The molecular weight excluding hydrogens is 544 g/mol. The molecule has 42 heavy (non-hydrogen) atoms. The van der Waals surface area contributed by atoms with Crippen LogP contribution in [0.4, 0.5) is 0 Å². The zero-order valence-corrected chi connectivity index (χ0v) is 27.3. The molecule has 0 unspecified atom stereocenters. The molecule has 1 atom stereocenters. The molecule has 2 aromatic carbocycles. The number of carbonyl (C=O) groups excluding carboxylic acids is 1. The number of fused-ring (bicyclic) bond motifs is 1. The second kappa shape index (κ2) is 11.9. The Morgan fingerprint density at radius 3 is 2.10 bits per heavy atom. The van der Waals surface area contributed by atoms with Gasteiger partial charge < -0.3 is 14.1 Å². The van der Waals surface area contributed by atoms with E-state index >= 15 is 0 Å². The predicted molar refractivity (Wildman–Crippen MR) is 169 cm³/mol. The Balaban J connectivity index is 1.91. The average Bonchev–Trinajstić information content (AvgIpc) is 3.52. The standard InChI is InChI=1S/C33H44N4O4Si/c1-21(2)42(22(3)4,23(5)6)37-19-25(17-28(31(38)39)32(40)41-33(7,8)9)27-16-15-26(18-30(27)37)36-20-29(34-35-36)24-13-11-10-12-14-24/h10-16,18-23,28H,17H2,1-9H3,(H,38,39)/t28-/m1/s1. The molecule has 224 valence electrons. The van der Waals surface area contributed by atoms with Crippen molar-refractivity contribution in [3.63, 3.8) is 0 Å². The van der Waals surface area contributed by atoms with Crippen LogP contribution < -0.4 is 0 Å². The third kappa shape index (κ3) is 5.93. The summed E-state index contributed by atoms with van der Waals surface area (Å²) in [6.45, 7) is 19.0. The molecule has 9 heteroatoms. The Hall–Kier alpha value is -3.72. The van der Waals surface area contributed by atoms with Crippen molar-refractivity contribution in [2.75, 3.05) is 0 Å². The van der Waals surface area contributed by atoms with E-state index in [-0.39, 0.29) is 6.42 Å². The maximum Gasteiger partial charge on any atom is 0.321 e. The molecule has 0 aliphatic rings. The summed E-state index contributed by atoms with van der Waals surface area (Å²) in [6, 6.07) is 16.1. The van der Waals surface area contributed by atoms with Gasteiger partial charge in [0.1, 0.15) is 11.3 Å². The van der Waals surface area contributed by atoms with Crippen LogP contribution in [0.15, 0.2) is 60.9 Å². The predicted octanol–water partition coefficient (Wildman–Crippen LogP) is 7.50. The number of hydrogen-bond acceptors (Lipinski definition) is 5. The van der Waals surface area contributed by atoms with Gasteiger partial charge in [0.25, 0.3) is 0 Å². The van der Waals surface area contributed by atoms with Crippen LogP contribution in [0.1, 0.15) is 67.9 Å². The Bertz CT molecular complexity index is 1540. The number of esters is 1.